The molecule has 0 saturated carbocycles. The second-order valence-corrected chi connectivity index (χ2v) is 9.92. The summed E-state index contributed by atoms with van der Waals surface area (Å²) in [4.78, 5) is 43.9. The molecule has 1 fully saturated rings. The largest absolute Gasteiger partial charge is 0.354 e. The number of nitrogens with one attached hydrogen (secondary N) is 3. The number of urea groups is 1. The SMILES string of the molecule is CC(C)(C)c1cc(C(=O)N2CCNC(=O)CC2)c(NC(=O)Nc2c(Cl)cncc2Cl)s1. The minimum absolute atomic E-state index is 0.0835. The van der Waals surface area contributed by atoms with Gasteiger partial charge in [-0.25, -0.2) is 4.79 Å². The van der Waals surface area contributed by atoms with E-state index in [0.29, 0.717) is 30.2 Å². The van der Waals surface area contributed by atoms with E-state index >= 15 is 0 Å². The second kappa shape index (κ2) is 9.42. The quantitative estimate of drug-likeness (QED) is 0.603. The van der Waals surface area contributed by atoms with Crippen molar-refractivity contribution in [3.8, 4) is 0 Å². The fourth-order valence-electron chi connectivity index (χ4n) is 2.93. The minimum Gasteiger partial charge on any atom is -0.354 e. The molecule has 1 aliphatic rings. The predicted octanol–water partition coefficient (Wildman–Crippen LogP) is 4.35. The highest BCUT2D eigenvalue weighted by Gasteiger charge is 2.28. The van der Waals surface area contributed by atoms with E-state index < -0.39 is 6.03 Å². The average Bonchev–Trinajstić information content (AvgIpc) is 2.99. The Bertz CT molecular complexity index is 998. The van der Waals surface area contributed by atoms with Crippen molar-refractivity contribution in [2.45, 2.75) is 32.6 Å². The molecule has 0 radical (unpaired) electrons. The van der Waals surface area contributed by atoms with Crippen LogP contribution in [0.3, 0.4) is 0 Å². The Morgan fingerprint density at radius 3 is 2.48 bits per heavy atom. The lowest BCUT2D eigenvalue weighted by molar-refractivity contribution is -0.120. The van der Waals surface area contributed by atoms with Crippen molar-refractivity contribution in [3.05, 3.63) is 38.9 Å². The topological polar surface area (TPSA) is 103 Å². The summed E-state index contributed by atoms with van der Waals surface area (Å²) >= 11 is 13.5. The van der Waals surface area contributed by atoms with E-state index in [9.17, 15) is 14.4 Å². The fraction of sp³-hybridized carbons (Fsp3) is 0.400. The summed E-state index contributed by atoms with van der Waals surface area (Å²) in [6, 6.07) is 1.22. The Morgan fingerprint density at radius 1 is 1.16 bits per heavy atom. The Hall–Kier alpha value is -2.36. The lowest BCUT2D eigenvalue weighted by atomic mass is 9.94. The molecule has 8 nitrogen and oxygen atoms in total. The van der Waals surface area contributed by atoms with E-state index in [4.69, 9.17) is 23.2 Å². The molecule has 0 aromatic carbocycles. The number of nitrogens with zero attached hydrogens (tertiary/aromatic N) is 2. The molecule has 3 N–H and O–H groups in total. The molecular formula is C20H23Cl2N5O3S. The van der Waals surface area contributed by atoms with Gasteiger partial charge in [0.25, 0.3) is 5.91 Å². The molecule has 3 rings (SSSR count). The van der Waals surface area contributed by atoms with Gasteiger partial charge in [-0.05, 0) is 11.5 Å². The number of carbonyl (C=O) groups is 3. The Kier molecular flexibility index (Phi) is 7.08. The monoisotopic (exact) mass is 483 g/mol. The van der Waals surface area contributed by atoms with Crippen molar-refractivity contribution in [2.75, 3.05) is 30.3 Å². The van der Waals surface area contributed by atoms with Crippen LogP contribution in [0.15, 0.2) is 18.5 Å². The molecule has 0 bridgehead atoms. The molecule has 0 aliphatic carbocycles. The van der Waals surface area contributed by atoms with Gasteiger partial charge in [0.1, 0.15) is 5.00 Å². The first kappa shape index (κ1) is 23.3. The van der Waals surface area contributed by atoms with Crippen molar-refractivity contribution in [3.63, 3.8) is 0 Å². The van der Waals surface area contributed by atoms with Crippen LogP contribution < -0.4 is 16.0 Å². The van der Waals surface area contributed by atoms with E-state index in [1.54, 1.807) is 11.0 Å². The maximum absolute atomic E-state index is 13.2. The molecule has 0 spiro atoms. The molecular weight excluding hydrogens is 461 g/mol. The fourth-order valence-corrected chi connectivity index (χ4v) is 4.49. The van der Waals surface area contributed by atoms with Crippen LogP contribution in [0.4, 0.5) is 15.5 Å². The van der Waals surface area contributed by atoms with Crippen LogP contribution in [0.2, 0.25) is 10.0 Å². The van der Waals surface area contributed by atoms with Crippen LogP contribution in [0.5, 0.6) is 0 Å². The van der Waals surface area contributed by atoms with Gasteiger partial charge < -0.3 is 15.5 Å². The van der Waals surface area contributed by atoms with Gasteiger partial charge in [0.05, 0.1) is 21.3 Å². The molecule has 1 aliphatic heterocycles. The molecule has 11 heteroatoms. The summed E-state index contributed by atoms with van der Waals surface area (Å²) in [5.41, 5.74) is 0.393. The van der Waals surface area contributed by atoms with Crippen molar-refractivity contribution in [1.29, 1.82) is 0 Å². The van der Waals surface area contributed by atoms with Crippen molar-refractivity contribution < 1.29 is 14.4 Å². The highest BCUT2D eigenvalue weighted by atomic mass is 35.5. The Labute approximate surface area is 194 Å². The number of pyridine rings is 1. The van der Waals surface area contributed by atoms with E-state index in [0.717, 1.165) is 4.88 Å². The number of rotatable bonds is 3. The maximum atomic E-state index is 13.2. The minimum atomic E-state index is -0.584. The molecule has 166 valence electrons. The number of aromatic nitrogens is 1. The molecule has 2 aromatic rings. The van der Waals surface area contributed by atoms with Crippen LogP contribution in [0.1, 0.15) is 42.4 Å². The van der Waals surface area contributed by atoms with Crippen molar-refractivity contribution >= 4 is 63.1 Å². The van der Waals surface area contributed by atoms with Gasteiger partial charge >= 0.3 is 6.03 Å². The average molecular weight is 484 g/mol. The van der Waals surface area contributed by atoms with Gasteiger partial charge in [-0.1, -0.05) is 44.0 Å². The summed E-state index contributed by atoms with van der Waals surface area (Å²) in [6.07, 6.45) is 2.98. The number of amides is 4. The van der Waals surface area contributed by atoms with Crippen LogP contribution in [-0.4, -0.2) is 47.4 Å². The molecule has 0 unspecified atom stereocenters. The summed E-state index contributed by atoms with van der Waals surface area (Å²) in [5, 5.41) is 8.92. The molecule has 3 heterocycles. The van der Waals surface area contributed by atoms with Crippen molar-refractivity contribution in [1.82, 2.24) is 15.2 Å². The number of carbonyl (C=O) groups excluding carboxylic acids is 3. The summed E-state index contributed by atoms with van der Waals surface area (Å²) in [7, 11) is 0. The smallest absolute Gasteiger partial charge is 0.324 e. The first-order chi connectivity index (χ1) is 14.6. The normalized spacial score (nSPS) is 14.6. The summed E-state index contributed by atoms with van der Waals surface area (Å²) in [5.74, 6) is -0.321. The zero-order valence-corrected chi connectivity index (χ0v) is 19.7. The summed E-state index contributed by atoms with van der Waals surface area (Å²) < 4.78 is 0. The third kappa shape index (κ3) is 5.66. The third-order valence-corrected chi connectivity index (χ3v) is 6.67. The predicted molar refractivity (Wildman–Crippen MR) is 123 cm³/mol. The van der Waals surface area contributed by atoms with Gasteiger partial charge in [0.15, 0.2) is 0 Å². The van der Waals surface area contributed by atoms with Gasteiger partial charge in [-0.3, -0.25) is 19.9 Å². The summed E-state index contributed by atoms with van der Waals surface area (Å²) in [6.45, 7) is 7.20. The third-order valence-electron chi connectivity index (χ3n) is 4.62. The van der Waals surface area contributed by atoms with Crippen LogP contribution in [0.25, 0.3) is 0 Å². The Balaban J connectivity index is 1.86. The van der Waals surface area contributed by atoms with Crippen molar-refractivity contribution in [2.24, 2.45) is 0 Å². The van der Waals surface area contributed by atoms with Gasteiger partial charge in [-0.15, -0.1) is 11.3 Å². The van der Waals surface area contributed by atoms with E-state index in [1.807, 2.05) is 20.8 Å². The highest BCUT2D eigenvalue weighted by Crippen LogP contribution is 2.37. The van der Waals surface area contributed by atoms with E-state index in [1.165, 1.54) is 23.7 Å². The molecule has 0 atom stereocenters. The lowest BCUT2D eigenvalue weighted by Crippen LogP contribution is -2.34. The standard InChI is InChI=1S/C20H23Cl2N5O3S/c1-20(2,3)14-8-11(18(29)27-6-4-15(28)24-5-7-27)17(31-14)26-19(30)25-16-12(21)9-23-10-13(16)22/h8-10H,4-7H2,1-3H3,(H,24,28)(H2,23,25,26,30). The lowest BCUT2D eigenvalue weighted by Gasteiger charge is -2.20. The van der Waals surface area contributed by atoms with Crippen LogP contribution in [-0.2, 0) is 10.2 Å². The maximum Gasteiger partial charge on any atom is 0.324 e. The molecule has 31 heavy (non-hydrogen) atoms. The molecule has 2 aromatic heterocycles. The number of thiophene rings is 1. The molecule has 4 amide bonds. The van der Waals surface area contributed by atoms with Gasteiger partial charge in [0.2, 0.25) is 5.91 Å². The van der Waals surface area contributed by atoms with Crippen LogP contribution >= 0.6 is 34.5 Å². The zero-order valence-electron chi connectivity index (χ0n) is 17.3. The second-order valence-electron chi connectivity index (χ2n) is 8.05. The number of anilines is 2. The zero-order chi connectivity index (χ0) is 22.8. The number of hydrogen-bond acceptors (Lipinski definition) is 5. The molecule has 1 saturated heterocycles. The first-order valence-corrected chi connectivity index (χ1v) is 11.2. The Morgan fingerprint density at radius 2 is 1.84 bits per heavy atom. The van der Waals surface area contributed by atoms with Crippen LogP contribution in [0, 0.1) is 0 Å². The number of halogens is 2. The highest BCUT2D eigenvalue weighted by molar-refractivity contribution is 7.16. The van der Waals surface area contributed by atoms with Gasteiger partial charge in [-0.2, -0.15) is 0 Å². The van der Waals surface area contributed by atoms with Gasteiger partial charge in [0, 0.05) is 43.3 Å². The van der Waals surface area contributed by atoms with E-state index in [-0.39, 0.29) is 39.4 Å². The van der Waals surface area contributed by atoms with E-state index in [2.05, 4.69) is 20.9 Å². The number of hydrogen-bond donors (Lipinski definition) is 3. The first-order valence-electron chi connectivity index (χ1n) is 9.63.